The molecular weight excluding hydrogens is 316 g/mol. The minimum Gasteiger partial charge on any atom is -0.480 e. The summed E-state index contributed by atoms with van der Waals surface area (Å²) in [6.45, 7) is 3.23. The fraction of sp³-hybridized carbons (Fsp3) is 0.600. The third-order valence-corrected chi connectivity index (χ3v) is 5.66. The molecule has 25 heavy (non-hydrogen) atoms. The zero-order chi connectivity index (χ0) is 17.8. The van der Waals surface area contributed by atoms with E-state index in [1.54, 1.807) is 4.90 Å². The van der Waals surface area contributed by atoms with Gasteiger partial charge < -0.3 is 10.0 Å². The van der Waals surface area contributed by atoms with Crippen LogP contribution >= 0.6 is 0 Å². The van der Waals surface area contributed by atoms with E-state index in [9.17, 15) is 9.59 Å². The van der Waals surface area contributed by atoms with E-state index in [1.807, 2.05) is 0 Å². The van der Waals surface area contributed by atoms with Gasteiger partial charge in [-0.15, -0.1) is 0 Å². The second-order valence-electron chi connectivity index (χ2n) is 7.27. The SMILES string of the molecule is CC(=O)N(CC(=O)O)C1CCCN(C2CCCc3ccccc32)CC1. The molecule has 0 radical (unpaired) electrons. The van der Waals surface area contributed by atoms with Crippen molar-refractivity contribution >= 4 is 11.9 Å². The van der Waals surface area contributed by atoms with Crippen LogP contribution in [0.1, 0.15) is 56.2 Å². The second kappa shape index (κ2) is 8.00. The molecular formula is C20H28N2O3. The summed E-state index contributed by atoms with van der Waals surface area (Å²) >= 11 is 0. The van der Waals surface area contributed by atoms with Gasteiger partial charge in [0, 0.05) is 25.6 Å². The molecule has 1 fully saturated rings. The van der Waals surface area contributed by atoms with Gasteiger partial charge in [0.2, 0.25) is 5.91 Å². The van der Waals surface area contributed by atoms with Crippen LogP contribution in [-0.4, -0.2) is 52.5 Å². The number of carboxylic acid groups (broad SMARTS) is 1. The minimum absolute atomic E-state index is 0.0393. The molecule has 1 aromatic carbocycles. The Labute approximate surface area is 149 Å². The van der Waals surface area contributed by atoms with Gasteiger partial charge in [-0.2, -0.15) is 0 Å². The Bertz CT molecular complexity index is 631. The molecule has 1 aliphatic heterocycles. The summed E-state index contributed by atoms with van der Waals surface area (Å²) in [6.07, 6.45) is 6.32. The van der Waals surface area contributed by atoms with Gasteiger partial charge in [0.05, 0.1) is 0 Å². The first-order valence-corrected chi connectivity index (χ1v) is 9.37. The molecule has 3 rings (SSSR count). The average Bonchev–Trinajstić information content (AvgIpc) is 2.84. The van der Waals surface area contributed by atoms with Gasteiger partial charge in [-0.25, -0.2) is 0 Å². The monoisotopic (exact) mass is 344 g/mol. The number of hydrogen-bond donors (Lipinski definition) is 1. The molecule has 1 heterocycles. The second-order valence-corrected chi connectivity index (χ2v) is 7.27. The fourth-order valence-electron chi connectivity index (χ4n) is 4.48. The maximum Gasteiger partial charge on any atom is 0.323 e. The number of aliphatic carboxylic acids is 1. The number of amides is 1. The zero-order valence-corrected chi connectivity index (χ0v) is 15.0. The summed E-state index contributed by atoms with van der Waals surface area (Å²) in [5.74, 6) is -1.07. The van der Waals surface area contributed by atoms with Crippen LogP contribution in [0.2, 0.25) is 0 Å². The zero-order valence-electron chi connectivity index (χ0n) is 15.0. The summed E-state index contributed by atoms with van der Waals surface area (Å²) in [5.41, 5.74) is 2.93. The number of nitrogens with zero attached hydrogens (tertiary/aromatic N) is 2. The number of rotatable bonds is 4. The highest BCUT2D eigenvalue weighted by molar-refractivity contribution is 5.79. The van der Waals surface area contributed by atoms with E-state index in [2.05, 4.69) is 29.2 Å². The lowest BCUT2D eigenvalue weighted by molar-refractivity contribution is -0.145. The first-order valence-electron chi connectivity index (χ1n) is 9.37. The van der Waals surface area contributed by atoms with Crippen molar-refractivity contribution in [2.45, 2.75) is 57.5 Å². The number of carbonyl (C=O) groups excluding carboxylic acids is 1. The molecule has 0 spiro atoms. The summed E-state index contributed by atoms with van der Waals surface area (Å²) in [4.78, 5) is 27.1. The molecule has 1 aliphatic carbocycles. The van der Waals surface area contributed by atoms with Gasteiger partial charge in [0.25, 0.3) is 0 Å². The average molecular weight is 344 g/mol. The Kier molecular flexibility index (Phi) is 5.74. The number of aryl methyl sites for hydroxylation is 1. The lowest BCUT2D eigenvalue weighted by atomic mass is 9.86. The Hall–Kier alpha value is -1.88. The quantitative estimate of drug-likeness (QED) is 0.912. The Morgan fingerprint density at radius 1 is 1.16 bits per heavy atom. The predicted molar refractivity (Wildman–Crippen MR) is 96.4 cm³/mol. The van der Waals surface area contributed by atoms with Crippen molar-refractivity contribution in [1.29, 1.82) is 0 Å². The fourth-order valence-corrected chi connectivity index (χ4v) is 4.48. The van der Waals surface area contributed by atoms with Crippen LogP contribution in [0.25, 0.3) is 0 Å². The molecule has 2 unspecified atom stereocenters. The molecule has 2 aliphatic rings. The molecule has 2 atom stereocenters. The van der Waals surface area contributed by atoms with Gasteiger partial charge >= 0.3 is 5.97 Å². The summed E-state index contributed by atoms with van der Waals surface area (Å²) in [7, 11) is 0. The highest BCUT2D eigenvalue weighted by atomic mass is 16.4. The Morgan fingerprint density at radius 2 is 1.96 bits per heavy atom. The number of fused-ring (bicyclic) bond motifs is 1. The van der Waals surface area contributed by atoms with Gasteiger partial charge in [-0.05, 0) is 56.2 Å². The van der Waals surface area contributed by atoms with Crippen molar-refractivity contribution in [3.05, 3.63) is 35.4 Å². The number of likely N-dealkylation sites (tertiary alicyclic amines) is 1. The first kappa shape index (κ1) is 17.9. The third-order valence-electron chi connectivity index (χ3n) is 5.66. The van der Waals surface area contributed by atoms with Crippen LogP contribution in [0, 0.1) is 0 Å². The standard InChI is InChI=1S/C20H28N2O3/c1-15(23)22(14-20(24)25)17-8-5-12-21(13-11-17)19-10-4-7-16-6-2-3-9-18(16)19/h2-3,6,9,17,19H,4-5,7-8,10-14H2,1H3,(H,24,25). The highest BCUT2D eigenvalue weighted by Crippen LogP contribution is 2.35. The Morgan fingerprint density at radius 3 is 2.72 bits per heavy atom. The van der Waals surface area contributed by atoms with Crippen LogP contribution in [0.15, 0.2) is 24.3 Å². The molecule has 0 aromatic heterocycles. The van der Waals surface area contributed by atoms with Gasteiger partial charge in [-0.1, -0.05) is 24.3 Å². The lowest BCUT2D eigenvalue weighted by Gasteiger charge is -2.35. The van der Waals surface area contributed by atoms with Gasteiger partial charge in [-0.3, -0.25) is 14.5 Å². The molecule has 5 heteroatoms. The van der Waals surface area contributed by atoms with Crippen LogP contribution in [0.4, 0.5) is 0 Å². The van der Waals surface area contributed by atoms with Crippen molar-refractivity contribution in [3.63, 3.8) is 0 Å². The molecule has 1 N–H and O–H groups in total. The van der Waals surface area contributed by atoms with Crippen LogP contribution in [0.5, 0.6) is 0 Å². The summed E-state index contributed by atoms with van der Waals surface area (Å²) < 4.78 is 0. The van der Waals surface area contributed by atoms with E-state index < -0.39 is 5.97 Å². The maximum absolute atomic E-state index is 11.9. The number of carbonyl (C=O) groups is 2. The van der Waals surface area contributed by atoms with Crippen LogP contribution in [0.3, 0.4) is 0 Å². The van der Waals surface area contributed by atoms with E-state index >= 15 is 0 Å². The molecule has 1 aromatic rings. The predicted octanol–water partition coefficient (Wildman–Crippen LogP) is 2.85. The first-order chi connectivity index (χ1) is 12.1. The minimum atomic E-state index is -0.933. The lowest BCUT2D eigenvalue weighted by Crippen LogP contribution is -2.43. The van der Waals surface area contributed by atoms with Gasteiger partial charge in [0.1, 0.15) is 6.54 Å². The van der Waals surface area contributed by atoms with E-state index in [-0.39, 0.29) is 18.5 Å². The van der Waals surface area contributed by atoms with Crippen molar-refractivity contribution in [1.82, 2.24) is 9.80 Å². The Balaban J connectivity index is 1.70. The smallest absolute Gasteiger partial charge is 0.323 e. The topological polar surface area (TPSA) is 60.9 Å². The molecule has 0 bridgehead atoms. The van der Waals surface area contributed by atoms with E-state index in [0.717, 1.165) is 32.4 Å². The molecule has 136 valence electrons. The van der Waals surface area contributed by atoms with E-state index in [0.29, 0.717) is 6.04 Å². The molecule has 0 saturated carbocycles. The van der Waals surface area contributed by atoms with Crippen molar-refractivity contribution in [3.8, 4) is 0 Å². The number of hydrogen-bond acceptors (Lipinski definition) is 3. The number of benzene rings is 1. The largest absolute Gasteiger partial charge is 0.480 e. The molecule has 1 saturated heterocycles. The summed E-state index contributed by atoms with van der Waals surface area (Å²) in [5, 5.41) is 9.09. The van der Waals surface area contributed by atoms with Crippen molar-refractivity contribution in [2.24, 2.45) is 0 Å². The van der Waals surface area contributed by atoms with Crippen molar-refractivity contribution < 1.29 is 14.7 Å². The van der Waals surface area contributed by atoms with Crippen molar-refractivity contribution in [2.75, 3.05) is 19.6 Å². The van der Waals surface area contributed by atoms with Crippen LogP contribution in [-0.2, 0) is 16.0 Å². The van der Waals surface area contributed by atoms with Crippen LogP contribution < -0.4 is 0 Å². The highest BCUT2D eigenvalue weighted by Gasteiger charge is 2.30. The normalized spacial score (nSPS) is 24.2. The summed E-state index contributed by atoms with van der Waals surface area (Å²) in [6, 6.07) is 9.25. The maximum atomic E-state index is 11.9. The van der Waals surface area contributed by atoms with E-state index in [1.165, 1.54) is 37.3 Å². The van der Waals surface area contributed by atoms with Gasteiger partial charge in [0.15, 0.2) is 0 Å². The molecule has 1 amide bonds. The number of carboxylic acids is 1. The van der Waals surface area contributed by atoms with E-state index in [4.69, 9.17) is 5.11 Å². The third kappa shape index (κ3) is 4.21. The molecule has 5 nitrogen and oxygen atoms in total.